The quantitative estimate of drug-likeness (QED) is 0.703. The van der Waals surface area contributed by atoms with Crippen molar-refractivity contribution in [2.75, 3.05) is 43.0 Å². The van der Waals surface area contributed by atoms with Crippen molar-refractivity contribution in [1.29, 1.82) is 0 Å². The van der Waals surface area contributed by atoms with E-state index in [-0.39, 0.29) is 5.91 Å². The number of ether oxygens (including phenoxy) is 1. The van der Waals surface area contributed by atoms with E-state index in [0.29, 0.717) is 22.0 Å². The van der Waals surface area contributed by atoms with Gasteiger partial charge >= 0.3 is 5.97 Å². The van der Waals surface area contributed by atoms with Crippen LogP contribution in [0.25, 0.3) is 0 Å². The fourth-order valence-corrected chi connectivity index (χ4v) is 3.57. The first-order valence-electron chi connectivity index (χ1n) is 8.22. The number of aryl methyl sites for hydroxylation is 1. The second kappa shape index (κ2) is 8.15. The first-order valence-corrected chi connectivity index (χ1v) is 9.03. The lowest BCUT2D eigenvalue weighted by molar-refractivity contribution is -0.139. The number of nitrogens with one attached hydrogen (secondary N) is 2. The largest absolute Gasteiger partial charge is 0.482 e. The second-order valence-electron chi connectivity index (χ2n) is 5.81. The van der Waals surface area contributed by atoms with Gasteiger partial charge in [-0.15, -0.1) is 0 Å². The van der Waals surface area contributed by atoms with Crippen molar-refractivity contribution < 1.29 is 19.4 Å². The smallest absolute Gasteiger partial charge is 0.341 e. The Hall–Kier alpha value is -2.65. The van der Waals surface area contributed by atoms with E-state index in [4.69, 9.17) is 9.84 Å². The van der Waals surface area contributed by atoms with Gasteiger partial charge in [0.15, 0.2) is 11.7 Å². The number of piperazine rings is 1. The Kier molecular flexibility index (Phi) is 5.69. The average molecular weight is 376 g/mol. The lowest BCUT2D eigenvalue weighted by Gasteiger charge is -2.26. The van der Waals surface area contributed by atoms with E-state index in [2.05, 4.69) is 20.5 Å². The molecule has 1 aliphatic rings. The van der Waals surface area contributed by atoms with Gasteiger partial charge in [-0.3, -0.25) is 4.79 Å². The average Bonchev–Trinajstić information content (AvgIpc) is 3.04. The predicted molar refractivity (Wildman–Crippen MR) is 99.5 cm³/mol. The van der Waals surface area contributed by atoms with Crippen LogP contribution in [0.5, 0.6) is 5.75 Å². The van der Waals surface area contributed by atoms with Gasteiger partial charge in [0.05, 0.1) is 5.69 Å². The normalized spacial score (nSPS) is 14.1. The summed E-state index contributed by atoms with van der Waals surface area (Å²) in [6, 6.07) is 6.57. The molecule has 3 N–H and O–H groups in total. The molecule has 1 aliphatic heterocycles. The Bertz CT molecular complexity index is 785. The first-order chi connectivity index (χ1) is 12.5. The van der Waals surface area contributed by atoms with E-state index in [1.165, 1.54) is 11.3 Å². The van der Waals surface area contributed by atoms with Crippen LogP contribution in [0.15, 0.2) is 24.3 Å². The highest BCUT2D eigenvalue weighted by atomic mass is 32.1. The van der Waals surface area contributed by atoms with E-state index >= 15 is 0 Å². The summed E-state index contributed by atoms with van der Waals surface area (Å²) in [5, 5.41) is 15.6. The number of benzene rings is 1. The number of hydrogen-bond donors (Lipinski definition) is 3. The van der Waals surface area contributed by atoms with Crippen molar-refractivity contribution in [1.82, 2.24) is 10.3 Å². The van der Waals surface area contributed by atoms with Crippen molar-refractivity contribution in [3.8, 4) is 5.75 Å². The van der Waals surface area contributed by atoms with Gasteiger partial charge < -0.3 is 25.4 Å². The van der Waals surface area contributed by atoms with Crippen LogP contribution in [0.4, 0.5) is 10.8 Å². The van der Waals surface area contributed by atoms with Crippen molar-refractivity contribution in [2.24, 2.45) is 0 Å². The second-order valence-corrected chi connectivity index (χ2v) is 6.79. The molecule has 0 radical (unpaired) electrons. The van der Waals surface area contributed by atoms with Gasteiger partial charge in [-0.1, -0.05) is 11.3 Å². The number of carboxylic acids is 1. The Morgan fingerprint density at radius 3 is 2.65 bits per heavy atom. The number of amides is 1. The monoisotopic (exact) mass is 376 g/mol. The zero-order chi connectivity index (χ0) is 18.5. The number of anilines is 2. The van der Waals surface area contributed by atoms with Crippen LogP contribution in [0, 0.1) is 6.92 Å². The van der Waals surface area contributed by atoms with Gasteiger partial charge in [-0.2, -0.15) is 0 Å². The summed E-state index contributed by atoms with van der Waals surface area (Å²) in [7, 11) is 0. The molecule has 0 saturated carbocycles. The molecule has 0 spiro atoms. The lowest BCUT2D eigenvalue weighted by atomic mass is 10.3. The fourth-order valence-electron chi connectivity index (χ4n) is 2.55. The third-order valence-corrected chi connectivity index (χ3v) is 5.07. The third kappa shape index (κ3) is 4.50. The van der Waals surface area contributed by atoms with Crippen LogP contribution in [-0.2, 0) is 4.79 Å². The number of aliphatic carboxylic acids is 1. The van der Waals surface area contributed by atoms with Crippen LogP contribution in [0.2, 0.25) is 0 Å². The molecular formula is C17H20N4O4S. The number of carbonyl (C=O) groups is 2. The van der Waals surface area contributed by atoms with Crippen molar-refractivity contribution in [2.45, 2.75) is 6.92 Å². The standard InChI is InChI=1S/C17H20N4O4S/c1-11-15(26-17(19-11)21-8-6-18-7-9-21)16(24)20-12-2-4-13(5-3-12)25-10-14(22)23/h2-5,18H,6-10H2,1H3,(H,20,24)(H,22,23). The molecule has 26 heavy (non-hydrogen) atoms. The SMILES string of the molecule is Cc1nc(N2CCNCC2)sc1C(=O)Nc1ccc(OCC(=O)O)cc1. The van der Waals surface area contributed by atoms with E-state index < -0.39 is 12.6 Å². The summed E-state index contributed by atoms with van der Waals surface area (Å²) in [6.07, 6.45) is 0. The zero-order valence-electron chi connectivity index (χ0n) is 14.3. The number of nitrogens with zero attached hydrogens (tertiary/aromatic N) is 2. The summed E-state index contributed by atoms with van der Waals surface area (Å²) in [6.45, 7) is 5.02. The number of aromatic nitrogens is 1. The van der Waals surface area contributed by atoms with Crippen LogP contribution in [-0.4, -0.2) is 54.8 Å². The number of rotatable bonds is 6. The summed E-state index contributed by atoms with van der Waals surface area (Å²) < 4.78 is 5.07. The molecular weight excluding hydrogens is 356 g/mol. The molecule has 8 nitrogen and oxygen atoms in total. The van der Waals surface area contributed by atoms with Crippen LogP contribution in [0.1, 0.15) is 15.4 Å². The van der Waals surface area contributed by atoms with Crippen molar-refractivity contribution in [3.05, 3.63) is 34.8 Å². The molecule has 1 aromatic carbocycles. The highest BCUT2D eigenvalue weighted by Gasteiger charge is 2.20. The molecule has 1 fully saturated rings. The van der Waals surface area contributed by atoms with Crippen LogP contribution in [0.3, 0.4) is 0 Å². The fraction of sp³-hybridized carbons (Fsp3) is 0.353. The molecule has 0 bridgehead atoms. The van der Waals surface area contributed by atoms with Crippen LogP contribution < -0.4 is 20.3 Å². The summed E-state index contributed by atoms with van der Waals surface area (Å²) >= 11 is 1.39. The predicted octanol–water partition coefficient (Wildman–Crippen LogP) is 1.58. The molecule has 3 rings (SSSR count). The van der Waals surface area contributed by atoms with Gasteiger partial charge in [0, 0.05) is 31.9 Å². The maximum atomic E-state index is 12.6. The molecule has 9 heteroatoms. The van der Waals surface area contributed by atoms with E-state index in [1.807, 2.05) is 6.92 Å². The number of carboxylic acid groups (broad SMARTS) is 1. The van der Waals surface area contributed by atoms with Gasteiger partial charge in [-0.25, -0.2) is 9.78 Å². The Balaban J connectivity index is 1.64. The van der Waals surface area contributed by atoms with Gasteiger partial charge in [-0.05, 0) is 31.2 Å². The van der Waals surface area contributed by atoms with Crippen LogP contribution >= 0.6 is 11.3 Å². The summed E-state index contributed by atoms with van der Waals surface area (Å²) in [5.74, 6) is -0.815. The minimum atomic E-state index is -1.04. The van der Waals surface area contributed by atoms with E-state index in [1.54, 1.807) is 24.3 Å². The highest BCUT2D eigenvalue weighted by molar-refractivity contribution is 7.17. The number of carbonyl (C=O) groups excluding carboxylic acids is 1. The van der Waals surface area contributed by atoms with Crippen molar-refractivity contribution in [3.63, 3.8) is 0 Å². The topological polar surface area (TPSA) is 104 Å². The molecule has 1 amide bonds. The van der Waals surface area contributed by atoms with Gasteiger partial charge in [0.2, 0.25) is 0 Å². The number of thiazole rings is 1. The van der Waals surface area contributed by atoms with Gasteiger partial charge in [0.1, 0.15) is 10.6 Å². The zero-order valence-corrected chi connectivity index (χ0v) is 15.1. The maximum absolute atomic E-state index is 12.6. The van der Waals surface area contributed by atoms with E-state index in [9.17, 15) is 9.59 Å². The number of hydrogen-bond acceptors (Lipinski definition) is 7. The third-order valence-electron chi connectivity index (χ3n) is 3.85. The molecule has 0 aliphatic carbocycles. The molecule has 2 heterocycles. The van der Waals surface area contributed by atoms with Crippen molar-refractivity contribution >= 4 is 34.0 Å². The first kappa shape index (κ1) is 18.2. The van der Waals surface area contributed by atoms with E-state index in [0.717, 1.165) is 31.3 Å². The molecule has 1 aromatic heterocycles. The Morgan fingerprint density at radius 1 is 1.31 bits per heavy atom. The minimum Gasteiger partial charge on any atom is -0.482 e. The Morgan fingerprint density at radius 2 is 2.00 bits per heavy atom. The molecule has 2 aromatic rings. The highest BCUT2D eigenvalue weighted by Crippen LogP contribution is 2.27. The molecule has 0 unspecified atom stereocenters. The Labute approximate surface area is 154 Å². The summed E-state index contributed by atoms with van der Waals surface area (Å²) in [5.41, 5.74) is 1.32. The minimum absolute atomic E-state index is 0.208. The maximum Gasteiger partial charge on any atom is 0.341 e. The molecule has 1 saturated heterocycles. The lowest BCUT2D eigenvalue weighted by Crippen LogP contribution is -2.43. The summed E-state index contributed by atoms with van der Waals surface area (Å²) in [4.78, 5) is 30.3. The molecule has 138 valence electrons. The van der Waals surface area contributed by atoms with Gasteiger partial charge in [0.25, 0.3) is 5.91 Å². The molecule has 0 atom stereocenters.